The number of carbonyl (C=O) groups is 2. The van der Waals surface area contributed by atoms with E-state index in [0.29, 0.717) is 11.3 Å². The van der Waals surface area contributed by atoms with E-state index in [9.17, 15) is 28.1 Å². The van der Waals surface area contributed by atoms with Crippen molar-refractivity contribution in [3.05, 3.63) is 100 Å². The molecule has 1 unspecified atom stereocenters. The minimum absolute atomic E-state index is 0.00183. The molecule has 0 aromatic heterocycles. The molecule has 0 aliphatic heterocycles. The van der Waals surface area contributed by atoms with E-state index in [1.807, 2.05) is 30.3 Å². The quantitative estimate of drug-likeness (QED) is 0.219. The molecule has 1 atom stereocenters. The highest BCUT2D eigenvalue weighted by molar-refractivity contribution is 7.92. The fraction of sp³-hybridized carbons (Fsp3) is 0.375. The van der Waals surface area contributed by atoms with Gasteiger partial charge in [0.1, 0.15) is 18.3 Å². The maximum Gasteiger partial charge on any atom is 0.271 e. The third-order valence-corrected chi connectivity index (χ3v) is 8.86. The summed E-state index contributed by atoms with van der Waals surface area (Å²) in [6, 6.07) is 20.5. The van der Waals surface area contributed by atoms with Gasteiger partial charge in [-0.15, -0.1) is 0 Å². The van der Waals surface area contributed by atoms with E-state index in [2.05, 4.69) is 5.32 Å². The van der Waals surface area contributed by atoms with Crippen molar-refractivity contribution >= 4 is 33.2 Å². The standard InChI is InChI=1S/C32H38N4O7S/c1-43-29-18-9-13-25(19-29)22-34(31(37)23-35(44(2,41)42)27-16-10-17-28(21-27)36(39)40)30(20-24-11-5-3-6-12-24)32(38)33-26-14-7-4-8-15-26/h3,5-6,9-13,16-19,21,26,30H,4,7-8,14-15,20,22-23H2,1-2H3,(H,33,38). The molecule has 1 aliphatic carbocycles. The zero-order chi connectivity index (χ0) is 31.7. The Balaban J connectivity index is 1.75. The molecule has 1 fully saturated rings. The summed E-state index contributed by atoms with van der Waals surface area (Å²) in [4.78, 5) is 40.5. The van der Waals surface area contributed by atoms with E-state index in [1.165, 1.54) is 30.2 Å². The molecule has 0 heterocycles. The lowest BCUT2D eigenvalue weighted by Crippen LogP contribution is -2.55. The Morgan fingerprint density at radius 3 is 2.32 bits per heavy atom. The summed E-state index contributed by atoms with van der Waals surface area (Å²) in [5, 5.41) is 14.6. The summed E-state index contributed by atoms with van der Waals surface area (Å²) in [6.07, 6.45) is 5.96. The Hall–Kier alpha value is -4.45. The molecule has 3 aromatic carbocycles. The van der Waals surface area contributed by atoms with E-state index in [0.717, 1.165) is 54.3 Å². The highest BCUT2D eigenvalue weighted by Gasteiger charge is 2.34. The van der Waals surface area contributed by atoms with Gasteiger partial charge < -0.3 is 15.0 Å². The summed E-state index contributed by atoms with van der Waals surface area (Å²) in [5.74, 6) is -0.391. The van der Waals surface area contributed by atoms with Crippen molar-refractivity contribution in [3.63, 3.8) is 0 Å². The molecule has 11 nitrogen and oxygen atoms in total. The summed E-state index contributed by atoms with van der Waals surface area (Å²) >= 11 is 0. The monoisotopic (exact) mass is 622 g/mol. The number of benzene rings is 3. The van der Waals surface area contributed by atoms with Gasteiger partial charge in [0.15, 0.2) is 0 Å². The first kappa shape index (κ1) is 32.5. The topological polar surface area (TPSA) is 139 Å². The SMILES string of the molecule is COc1cccc(CN(C(=O)CN(c2cccc([N+](=O)[O-])c2)S(C)(=O)=O)C(Cc2ccccc2)C(=O)NC2CCCCC2)c1. The fourth-order valence-electron chi connectivity index (χ4n) is 5.44. The number of ether oxygens (including phenoxy) is 1. The molecule has 44 heavy (non-hydrogen) atoms. The number of rotatable bonds is 13. The molecular weight excluding hydrogens is 584 g/mol. The second kappa shape index (κ2) is 14.8. The number of carbonyl (C=O) groups excluding carboxylic acids is 2. The lowest BCUT2D eigenvalue weighted by atomic mass is 9.94. The van der Waals surface area contributed by atoms with Gasteiger partial charge in [-0.2, -0.15) is 0 Å². The highest BCUT2D eigenvalue weighted by Crippen LogP contribution is 2.25. The van der Waals surface area contributed by atoms with Crippen LogP contribution in [0.3, 0.4) is 0 Å². The summed E-state index contributed by atoms with van der Waals surface area (Å²) in [7, 11) is -2.53. The van der Waals surface area contributed by atoms with Gasteiger partial charge >= 0.3 is 0 Å². The summed E-state index contributed by atoms with van der Waals surface area (Å²) in [5.41, 5.74) is 1.18. The van der Waals surface area contributed by atoms with Crippen molar-refractivity contribution in [2.45, 2.75) is 57.2 Å². The Kier molecular flexibility index (Phi) is 10.9. The van der Waals surface area contributed by atoms with Gasteiger partial charge in [0, 0.05) is 31.1 Å². The second-order valence-corrected chi connectivity index (χ2v) is 12.9. The van der Waals surface area contributed by atoms with Crippen LogP contribution in [0.25, 0.3) is 0 Å². The molecular formula is C32H38N4O7S. The number of nitro benzene ring substituents is 1. The molecule has 2 amide bonds. The van der Waals surface area contributed by atoms with Crippen molar-refractivity contribution in [1.82, 2.24) is 10.2 Å². The average molecular weight is 623 g/mol. The van der Waals surface area contributed by atoms with Crippen LogP contribution in [0.4, 0.5) is 11.4 Å². The van der Waals surface area contributed by atoms with E-state index in [4.69, 9.17) is 4.74 Å². The Morgan fingerprint density at radius 1 is 0.977 bits per heavy atom. The van der Waals surface area contributed by atoms with E-state index in [1.54, 1.807) is 24.3 Å². The molecule has 0 spiro atoms. The van der Waals surface area contributed by atoms with Crippen LogP contribution < -0.4 is 14.4 Å². The van der Waals surface area contributed by atoms with Crippen LogP contribution in [-0.2, 0) is 32.6 Å². The molecule has 1 saturated carbocycles. The molecule has 0 saturated heterocycles. The highest BCUT2D eigenvalue weighted by atomic mass is 32.2. The molecule has 234 valence electrons. The Bertz CT molecular complexity index is 1560. The van der Waals surface area contributed by atoms with Crippen LogP contribution in [0, 0.1) is 10.1 Å². The van der Waals surface area contributed by atoms with Crippen LogP contribution in [-0.4, -0.2) is 62.0 Å². The van der Waals surface area contributed by atoms with Crippen LogP contribution >= 0.6 is 0 Å². The number of nitrogens with zero attached hydrogens (tertiary/aromatic N) is 3. The van der Waals surface area contributed by atoms with Gasteiger partial charge in [0.2, 0.25) is 21.8 Å². The second-order valence-electron chi connectivity index (χ2n) is 11.0. The number of nitrogens with one attached hydrogen (secondary N) is 1. The van der Waals surface area contributed by atoms with Gasteiger partial charge in [0.25, 0.3) is 5.69 Å². The van der Waals surface area contributed by atoms with Crippen molar-refractivity contribution < 1.29 is 27.7 Å². The predicted molar refractivity (Wildman–Crippen MR) is 168 cm³/mol. The minimum Gasteiger partial charge on any atom is -0.497 e. The number of sulfonamides is 1. The number of methoxy groups -OCH3 is 1. The maximum absolute atomic E-state index is 14.3. The van der Waals surface area contributed by atoms with Crippen LogP contribution in [0.2, 0.25) is 0 Å². The normalized spacial score (nSPS) is 14.3. The number of non-ortho nitro benzene ring substituents is 1. The van der Waals surface area contributed by atoms with Gasteiger partial charge in [-0.05, 0) is 42.2 Å². The van der Waals surface area contributed by atoms with Gasteiger partial charge in [-0.3, -0.25) is 24.0 Å². The van der Waals surface area contributed by atoms with Crippen LogP contribution in [0.15, 0.2) is 78.9 Å². The van der Waals surface area contributed by atoms with Gasteiger partial charge in [0.05, 0.1) is 24.0 Å². The Labute approximate surface area is 258 Å². The fourth-order valence-corrected chi connectivity index (χ4v) is 6.28. The average Bonchev–Trinajstić information content (AvgIpc) is 3.02. The Morgan fingerprint density at radius 2 is 1.66 bits per heavy atom. The van der Waals surface area contributed by atoms with Crippen LogP contribution in [0.1, 0.15) is 43.2 Å². The number of hydrogen-bond donors (Lipinski definition) is 1. The van der Waals surface area contributed by atoms with Gasteiger partial charge in [-0.25, -0.2) is 8.42 Å². The molecule has 12 heteroatoms. The largest absolute Gasteiger partial charge is 0.497 e. The lowest BCUT2D eigenvalue weighted by molar-refractivity contribution is -0.384. The lowest BCUT2D eigenvalue weighted by Gasteiger charge is -2.35. The first-order valence-corrected chi connectivity index (χ1v) is 16.4. The van der Waals surface area contributed by atoms with Crippen molar-refractivity contribution in [2.24, 2.45) is 0 Å². The van der Waals surface area contributed by atoms with Gasteiger partial charge in [-0.1, -0.05) is 67.8 Å². The first-order chi connectivity index (χ1) is 21.0. The smallest absolute Gasteiger partial charge is 0.271 e. The summed E-state index contributed by atoms with van der Waals surface area (Å²) in [6.45, 7) is -0.663. The zero-order valence-electron chi connectivity index (χ0n) is 24.9. The van der Waals surface area contributed by atoms with Crippen molar-refractivity contribution in [1.29, 1.82) is 0 Å². The molecule has 0 radical (unpaired) electrons. The molecule has 0 bridgehead atoms. The van der Waals surface area contributed by atoms with E-state index < -0.39 is 33.4 Å². The minimum atomic E-state index is -4.06. The van der Waals surface area contributed by atoms with Crippen molar-refractivity contribution in [3.8, 4) is 5.75 Å². The molecule has 4 rings (SSSR count). The number of anilines is 1. The number of nitro groups is 1. The molecule has 1 N–H and O–H groups in total. The molecule has 3 aromatic rings. The molecule has 1 aliphatic rings. The zero-order valence-corrected chi connectivity index (χ0v) is 25.7. The number of hydrogen-bond acceptors (Lipinski definition) is 7. The number of amides is 2. The first-order valence-electron chi connectivity index (χ1n) is 14.5. The maximum atomic E-state index is 14.3. The predicted octanol–water partition coefficient (Wildman–Crippen LogP) is 4.46. The van der Waals surface area contributed by atoms with E-state index in [-0.39, 0.29) is 36.3 Å². The summed E-state index contributed by atoms with van der Waals surface area (Å²) < 4.78 is 32.1. The van der Waals surface area contributed by atoms with Crippen molar-refractivity contribution in [2.75, 3.05) is 24.2 Å². The van der Waals surface area contributed by atoms with Crippen LogP contribution in [0.5, 0.6) is 5.75 Å². The third-order valence-electron chi connectivity index (χ3n) is 7.72. The van der Waals surface area contributed by atoms with E-state index >= 15 is 0 Å². The third kappa shape index (κ3) is 8.79.